The zero-order valence-corrected chi connectivity index (χ0v) is 20.2. The molecule has 0 bridgehead atoms. The van der Waals surface area contributed by atoms with Crippen molar-refractivity contribution in [2.75, 3.05) is 12.4 Å². The highest BCUT2D eigenvalue weighted by atomic mass is 35.5. The van der Waals surface area contributed by atoms with E-state index in [4.69, 9.17) is 22.8 Å². The van der Waals surface area contributed by atoms with Crippen LogP contribution in [0.3, 0.4) is 0 Å². The summed E-state index contributed by atoms with van der Waals surface area (Å²) in [7, 11) is 1.42. The molecule has 0 radical (unpaired) electrons. The van der Waals surface area contributed by atoms with E-state index in [0.717, 1.165) is 0 Å². The molecule has 0 aliphatic rings. The highest BCUT2D eigenvalue weighted by Gasteiger charge is 2.20. The van der Waals surface area contributed by atoms with Crippen molar-refractivity contribution in [1.29, 1.82) is 0 Å². The lowest BCUT2D eigenvalue weighted by atomic mass is 10.1. The third kappa shape index (κ3) is 7.99. The van der Waals surface area contributed by atoms with Gasteiger partial charge in [-0.15, -0.1) is 6.42 Å². The Bertz CT molecular complexity index is 1100. The van der Waals surface area contributed by atoms with Crippen LogP contribution in [-0.2, 0) is 0 Å². The molecule has 2 aromatic carbocycles. The van der Waals surface area contributed by atoms with Crippen molar-refractivity contribution in [2.45, 2.75) is 27.7 Å². The number of carbonyl (C=O) groups is 2. The molecule has 0 fully saturated rings. The summed E-state index contributed by atoms with van der Waals surface area (Å²) in [6.07, 6.45) is 10.2. The molecule has 33 heavy (non-hydrogen) atoms. The minimum absolute atomic E-state index is 0.117. The second-order valence-corrected chi connectivity index (χ2v) is 6.56. The highest BCUT2D eigenvalue weighted by Crippen LogP contribution is 2.33. The van der Waals surface area contributed by atoms with Gasteiger partial charge in [-0.25, -0.2) is 4.99 Å². The summed E-state index contributed by atoms with van der Waals surface area (Å²) in [4.78, 5) is 29.9. The molecule has 2 N–H and O–H groups in total. The number of hydrogen-bond acceptors (Lipinski definition) is 4. The number of carbonyl (C=O) groups excluding carboxylic acids is 2. The number of nitrogens with one attached hydrogen (secondary N) is 2. The summed E-state index contributed by atoms with van der Waals surface area (Å²) in [5.41, 5.74) is 1.30. The maximum Gasteiger partial charge on any atom is 0.259 e. The molecule has 2 aromatic rings. The Kier molecular flexibility index (Phi) is 11.8. The maximum absolute atomic E-state index is 13.0. The van der Waals surface area contributed by atoms with E-state index in [1.165, 1.54) is 25.5 Å². The minimum Gasteiger partial charge on any atom is -0.494 e. The van der Waals surface area contributed by atoms with Crippen molar-refractivity contribution in [3.63, 3.8) is 0 Å². The number of aliphatic imine (C=N–C) groups is 1. The van der Waals surface area contributed by atoms with Gasteiger partial charge in [0.1, 0.15) is 11.6 Å². The molecule has 6 nitrogen and oxygen atoms in total. The van der Waals surface area contributed by atoms with Gasteiger partial charge < -0.3 is 15.4 Å². The average Bonchev–Trinajstić information content (AvgIpc) is 2.86. The Morgan fingerprint density at radius 3 is 2.30 bits per heavy atom. The SMILES string of the molecule is C#CC(/C=N\C(=C/C)NC(=O)c1cc(Cl)cc(OC)c1NC(=O)c1ccccc1)=C/C.CC. The quantitative estimate of drug-likeness (QED) is 0.396. The summed E-state index contributed by atoms with van der Waals surface area (Å²) in [6, 6.07) is 11.6. The molecule has 0 atom stereocenters. The number of ether oxygens (including phenoxy) is 1. The lowest BCUT2D eigenvalue weighted by molar-refractivity contribution is 0.0966. The van der Waals surface area contributed by atoms with Crippen LogP contribution in [0.2, 0.25) is 5.02 Å². The molecular weight excluding hydrogens is 438 g/mol. The standard InChI is InChI=1S/C24H22ClN3O3.C2H6/c1-5-16(6-2)15-26-21(7-3)27-24(30)19-13-18(25)14-20(31-4)22(19)28-23(29)17-11-9-8-10-12-17;1-2/h1,6-15H,2-4H3,(H,27,30)(H,28,29);1-2H3/b16-6-,21-7+,26-15-;. The van der Waals surface area contributed by atoms with Gasteiger partial charge in [0.15, 0.2) is 0 Å². The van der Waals surface area contributed by atoms with E-state index in [9.17, 15) is 9.59 Å². The normalized spacial score (nSPS) is 11.2. The first-order valence-corrected chi connectivity index (χ1v) is 10.7. The number of terminal acetylenes is 1. The van der Waals surface area contributed by atoms with E-state index >= 15 is 0 Å². The van der Waals surface area contributed by atoms with Gasteiger partial charge in [-0.05, 0) is 38.1 Å². The summed E-state index contributed by atoms with van der Waals surface area (Å²) in [6.45, 7) is 7.50. The number of amides is 2. The minimum atomic E-state index is -0.530. The third-order valence-corrected chi connectivity index (χ3v) is 4.36. The first-order valence-electron chi connectivity index (χ1n) is 10.3. The van der Waals surface area contributed by atoms with E-state index in [0.29, 0.717) is 11.1 Å². The number of benzene rings is 2. The number of hydrogen-bond donors (Lipinski definition) is 2. The fourth-order valence-corrected chi connectivity index (χ4v) is 2.73. The zero-order valence-electron chi connectivity index (χ0n) is 19.4. The topological polar surface area (TPSA) is 79.8 Å². The Hall–Kier alpha value is -3.82. The van der Waals surface area contributed by atoms with Crippen LogP contribution in [0.4, 0.5) is 5.69 Å². The maximum atomic E-state index is 13.0. The predicted molar refractivity (Wildman–Crippen MR) is 136 cm³/mol. The van der Waals surface area contributed by atoms with Crippen LogP contribution >= 0.6 is 11.6 Å². The van der Waals surface area contributed by atoms with Gasteiger partial charge in [0, 0.05) is 28.4 Å². The molecule has 0 aromatic heterocycles. The lowest BCUT2D eigenvalue weighted by Crippen LogP contribution is -2.24. The second-order valence-electron chi connectivity index (χ2n) is 6.13. The average molecular weight is 466 g/mol. The fraction of sp³-hybridized carbons (Fsp3) is 0.192. The Labute approximate surface area is 200 Å². The van der Waals surface area contributed by atoms with E-state index in [1.807, 2.05) is 13.8 Å². The van der Waals surface area contributed by atoms with E-state index in [2.05, 4.69) is 21.5 Å². The highest BCUT2D eigenvalue weighted by molar-refractivity contribution is 6.31. The van der Waals surface area contributed by atoms with Crippen molar-refractivity contribution in [3.8, 4) is 18.1 Å². The van der Waals surface area contributed by atoms with E-state index in [-0.39, 0.29) is 27.8 Å². The van der Waals surface area contributed by atoms with Crippen LogP contribution < -0.4 is 15.4 Å². The van der Waals surface area contributed by atoms with Gasteiger partial charge in [0.25, 0.3) is 11.8 Å². The third-order valence-electron chi connectivity index (χ3n) is 4.14. The number of halogens is 1. The molecule has 0 heterocycles. The van der Waals surface area contributed by atoms with Gasteiger partial charge in [-0.1, -0.05) is 55.6 Å². The molecule has 2 amide bonds. The largest absolute Gasteiger partial charge is 0.494 e. The summed E-state index contributed by atoms with van der Waals surface area (Å²) < 4.78 is 5.34. The second kappa shape index (κ2) is 14.3. The monoisotopic (exact) mass is 465 g/mol. The molecule has 172 valence electrons. The molecule has 0 aliphatic heterocycles. The molecule has 2 rings (SSSR count). The van der Waals surface area contributed by atoms with Crippen molar-refractivity contribution < 1.29 is 14.3 Å². The molecule has 0 spiro atoms. The summed E-state index contributed by atoms with van der Waals surface area (Å²) >= 11 is 6.16. The number of anilines is 1. The van der Waals surface area contributed by atoms with Crippen LogP contribution in [-0.4, -0.2) is 25.1 Å². The molecule has 0 saturated heterocycles. The van der Waals surface area contributed by atoms with E-state index in [1.54, 1.807) is 56.3 Å². The first kappa shape index (κ1) is 27.2. The van der Waals surface area contributed by atoms with Gasteiger partial charge in [0.05, 0.1) is 18.4 Å². The number of nitrogens with zero attached hydrogens (tertiary/aromatic N) is 1. The predicted octanol–water partition coefficient (Wildman–Crippen LogP) is 5.87. The number of rotatable bonds is 7. The van der Waals surface area contributed by atoms with Crippen LogP contribution in [0.15, 0.2) is 71.0 Å². The number of allylic oxidation sites excluding steroid dienone is 3. The van der Waals surface area contributed by atoms with Crippen LogP contribution in [0, 0.1) is 12.3 Å². The number of methoxy groups -OCH3 is 1. The molecule has 7 heteroatoms. The van der Waals surface area contributed by atoms with E-state index < -0.39 is 11.8 Å². The van der Waals surface area contributed by atoms with Gasteiger partial charge in [0.2, 0.25) is 0 Å². The van der Waals surface area contributed by atoms with Crippen molar-refractivity contribution in [1.82, 2.24) is 5.32 Å². The van der Waals surface area contributed by atoms with Crippen molar-refractivity contribution in [3.05, 3.63) is 82.2 Å². The molecule has 0 unspecified atom stereocenters. The van der Waals surface area contributed by atoms with Crippen LogP contribution in [0.1, 0.15) is 48.4 Å². The van der Waals surface area contributed by atoms with Crippen LogP contribution in [0.25, 0.3) is 0 Å². The lowest BCUT2D eigenvalue weighted by Gasteiger charge is -2.16. The molecule has 0 saturated carbocycles. The van der Waals surface area contributed by atoms with Gasteiger partial charge in [-0.3, -0.25) is 9.59 Å². The Morgan fingerprint density at radius 2 is 1.76 bits per heavy atom. The molecular formula is C26H28ClN3O3. The van der Waals surface area contributed by atoms with Gasteiger partial charge >= 0.3 is 0 Å². The van der Waals surface area contributed by atoms with Crippen LogP contribution in [0.5, 0.6) is 5.75 Å². The first-order chi connectivity index (χ1) is 15.9. The fourth-order valence-electron chi connectivity index (χ4n) is 2.52. The summed E-state index contributed by atoms with van der Waals surface area (Å²) in [5, 5.41) is 5.69. The Morgan fingerprint density at radius 1 is 1.09 bits per heavy atom. The summed E-state index contributed by atoms with van der Waals surface area (Å²) in [5.74, 6) is 2.07. The molecule has 0 aliphatic carbocycles. The van der Waals surface area contributed by atoms with Crippen molar-refractivity contribution in [2.24, 2.45) is 4.99 Å². The smallest absolute Gasteiger partial charge is 0.259 e. The van der Waals surface area contributed by atoms with Gasteiger partial charge in [-0.2, -0.15) is 0 Å². The zero-order chi connectivity index (χ0) is 24.8. The van der Waals surface area contributed by atoms with Crippen molar-refractivity contribution >= 4 is 35.3 Å². The Balaban J connectivity index is 0.00000265.